The molecule has 0 aliphatic heterocycles. The number of hydrogen-bond donors (Lipinski definition) is 1. The van der Waals surface area contributed by atoms with E-state index in [1.807, 2.05) is 6.08 Å². The van der Waals surface area contributed by atoms with Gasteiger partial charge < -0.3 is 28.8 Å². The molecule has 0 aromatic heterocycles. The van der Waals surface area contributed by atoms with Gasteiger partial charge in [0.25, 0.3) is 0 Å². The van der Waals surface area contributed by atoms with Crippen LogP contribution in [0.15, 0.2) is 12.7 Å². The Kier molecular flexibility index (Phi) is 62.9. The van der Waals surface area contributed by atoms with Crippen molar-refractivity contribution in [1.82, 2.24) is 0 Å². The first-order valence-electron chi connectivity index (χ1n) is 47.2. The number of rotatable bonds is 56. The summed E-state index contributed by atoms with van der Waals surface area (Å²) in [6.45, 7) is 103. The van der Waals surface area contributed by atoms with Crippen LogP contribution in [0, 0.1) is 114 Å². The molecule has 0 saturated carbocycles. The molecule has 0 aromatic carbocycles. The van der Waals surface area contributed by atoms with E-state index in [0.717, 1.165) is 100 Å². The van der Waals surface area contributed by atoms with Crippen molar-refractivity contribution < 1.29 is 28.8 Å². The Labute approximate surface area is 700 Å². The fourth-order valence-corrected chi connectivity index (χ4v) is 28.8. The molecule has 0 aliphatic carbocycles. The average molecular weight is 1610 g/mol. The summed E-state index contributed by atoms with van der Waals surface area (Å²) in [6, 6.07) is 13.9. The van der Waals surface area contributed by atoms with Gasteiger partial charge in [-0.1, -0.05) is 349 Å². The maximum Gasteiger partial charge on any atom is 0.127 e. The highest BCUT2D eigenvalue weighted by Gasteiger charge is 2.33. The summed E-state index contributed by atoms with van der Waals surface area (Å²) in [5, 5.41) is 9.47. The zero-order chi connectivity index (χ0) is 86.2. The lowest BCUT2D eigenvalue weighted by Gasteiger charge is -2.32. The van der Waals surface area contributed by atoms with Crippen molar-refractivity contribution in [3.8, 4) is 0 Å². The third kappa shape index (κ3) is 70.8. The Balaban J connectivity index is -0.000000686. The van der Waals surface area contributed by atoms with Gasteiger partial charge in [0.15, 0.2) is 0 Å². The molecule has 0 aliphatic rings. The zero-order valence-corrected chi connectivity index (χ0v) is 86.5. The standard InChI is InChI=1S/C28H58O2Si.C27H58O2Si.C25H54OSi.C21H42O/c1-12-31(13-2,22-25(5)29)18-14-17-30-21-26(24(4)20-28(9,10)11)16-15-23(3)19-27(6,7)8;1-11-30(12-2,19-16-28)18-13-17-29-22-25(24(4)21-27(8,9)10)15-14-23(3)20-26(5,6)7;1-11-27(12-2)17-13-16-26-20-23(22(4)19-25(8,9)10)15-14-21(3)18-24(5,6)7;1-10-13-22-16-19(18(3)15-21(7,8)9)12-11-17(2)14-20(4,5)6/h23-24,26H,12-22H2,1-11H3;23-25,28H,11-22H2,1-10H3;21-23,27H,11-20H2,1-10H3;10,17-19H,1,11-16H2,2-9H3. The Morgan fingerprint density at radius 1 is 0.364 bits per heavy atom. The molecule has 0 saturated heterocycles. The number of aliphatic hydroxyl groups is 1. The van der Waals surface area contributed by atoms with E-state index in [1.54, 1.807) is 6.92 Å². The maximum atomic E-state index is 11.8. The van der Waals surface area contributed by atoms with Crippen LogP contribution in [-0.2, 0) is 23.7 Å². The Hall–Kier alpha value is -0.139. The average Bonchev–Trinajstić information content (AvgIpc) is 0.930. The molecule has 664 valence electrons. The van der Waals surface area contributed by atoms with Gasteiger partial charge in [0.2, 0.25) is 0 Å². The minimum Gasteiger partial charge on any atom is -0.397 e. The predicted molar refractivity (Wildman–Crippen MR) is 507 cm³/mol. The highest BCUT2D eigenvalue weighted by molar-refractivity contribution is 6.82. The monoisotopic (exact) mass is 1610 g/mol. The van der Waals surface area contributed by atoms with Gasteiger partial charge in [-0.2, -0.15) is 0 Å². The lowest BCUT2D eigenvalue weighted by molar-refractivity contribution is -0.115. The minimum absolute atomic E-state index is 0.369. The van der Waals surface area contributed by atoms with E-state index in [4.69, 9.17) is 18.9 Å². The topological polar surface area (TPSA) is 74.2 Å². The highest BCUT2D eigenvalue weighted by atomic mass is 28.3. The molecule has 0 amide bonds. The molecule has 0 radical (unpaired) electrons. The van der Waals surface area contributed by atoms with Gasteiger partial charge in [-0.05, 0) is 224 Å². The molecule has 110 heavy (non-hydrogen) atoms. The summed E-state index contributed by atoms with van der Waals surface area (Å²) in [6.07, 6.45) is 26.3. The molecule has 0 bridgehead atoms. The van der Waals surface area contributed by atoms with Crippen molar-refractivity contribution >= 4 is 30.7 Å². The second-order valence-corrected chi connectivity index (χ2v) is 62.3. The van der Waals surface area contributed by atoms with Crippen molar-refractivity contribution in [3.05, 3.63) is 12.7 Å². The van der Waals surface area contributed by atoms with Crippen LogP contribution >= 0.6 is 0 Å². The first-order chi connectivity index (χ1) is 50.2. The van der Waals surface area contributed by atoms with Gasteiger partial charge in [0.05, 0.1) is 29.4 Å². The summed E-state index contributed by atoms with van der Waals surface area (Å²) in [4.78, 5) is 11.8. The van der Waals surface area contributed by atoms with E-state index >= 15 is 0 Å². The quantitative estimate of drug-likeness (QED) is 0.0372. The van der Waals surface area contributed by atoms with E-state index in [0.29, 0.717) is 97.8 Å². The first kappa shape index (κ1) is 116. The smallest absolute Gasteiger partial charge is 0.127 e. The normalized spacial score (nSPS) is 16.6. The molecule has 6 nitrogen and oxygen atoms in total. The van der Waals surface area contributed by atoms with Gasteiger partial charge in [-0.25, -0.2) is 0 Å². The van der Waals surface area contributed by atoms with Gasteiger partial charge in [0.1, 0.15) is 5.78 Å². The molecule has 12 unspecified atom stereocenters. The number of carbonyl (C=O) groups excluding carboxylic acids is 1. The van der Waals surface area contributed by atoms with Crippen molar-refractivity contribution in [2.45, 2.75) is 459 Å². The number of ketones is 1. The molecule has 0 fully saturated rings. The fraction of sp³-hybridized carbons (Fsp3) is 0.970. The fourth-order valence-electron chi connectivity index (χ4n) is 19.3. The van der Waals surface area contributed by atoms with Crippen LogP contribution < -0.4 is 0 Å². The summed E-state index contributed by atoms with van der Waals surface area (Å²) in [5.74, 6) is 9.13. The molecule has 0 spiro atoms. The van der Waals surface area contributed by atoms with Gasteiger partial charge in [-0.3, -0.25) is 0 Å². The number of aliphatic hydroxyl groups excluding tert-OH is 1. The summed E-state index contributed by atoms with van der Waals surface area (Å²) < 4.78 is 24.6. The second kappa shape index (κ2) is 59.5. The summed E-state index contributed by atoms with van der Waals surface area (Å²) >= 11 is 0. The Bertz CT molecular complexity index is 2140. The van der Waals surface area contributed by atoms with Crippen LogP contribution in [0.2, 0.25) is 66.5 Å². The molecular weight excluding hydrogens is 1390 g/mol. The lowest BCUT2D eigenvalue weighted by Crippen LogP contribution is -2.34. The van der Waals surface area contributed by atoms with Crippen molar-refractivity contribution in [2.24, 2.45) is 114 Å². The van der Waals surface area contributed by atoms with Crippen LogP contribution in [0.4, 0.5) is 0 Å². The molecule has 0 heterocycles. The van der Waals surface area contributed by atoms with Crippen molar-refractivity contribution in [1.29, 1.82) is 0 Å². The van der Waals surface area contributed by atoms with Gasteiger partial charge >= 0.3 is 0 Å². The van der Waals surface area contributed by atoms with Crippen molar-refractivity contribution in [3.63, 3.8) is 0 Å². The molecule has 12 atom stereocenters. The molecule has 0 rings (SSSR count). The van der Waals surface area contributed by atoms with E-state index in [-0.39, 0.29) is 0 Å². The predicted octanol–water partition coefficient (Wildman–Crippen LogP) is 32.4. The van der Waals surface area contributed by atoms with E-state index in [2.05, 4.69) is 270 Å². The van der Waals surface area contributed by atoms with Crippen LogP contribution in [0.5, 0.6) is 0 Å². The third-order valence-corrected chi connectivity index (χ3v) is 39.7. The SMILES string of the molecule is C=CCOCC(CCC(C)CC(C)(C)C)C(C)CC(C)(C)C.CC[SiH](CC)CCCOCC(CCC(C)CC(C)(C)C)C(C)CC(C)(C)C.CC[Si](CC)(CCCOCC(CCC(C)CC(C)(C)C)C(C)CC(C)(C)C)CC(C)=O.CC[Si](CC)(CCO)CCCOCC(CCC(C)CC(C)(C)C)C(C)CC(C)(C)C. The summed E-state index contributed by atoms with van der Waals surface area (Å²) in [7, 11) is -3.11. The molecule has 1 N–H and O–H groups in total. The maximum absolute atomic E-state index is 11.8. The van der Waals surface area contributed by atoms with E-state index < -0.39 is 24.9 Å². The highest BCUT2D eigenvalue weighted by Crippen LogP contribution is 2.40. The van der Waals surface area contributed by atoms with E-state index in [1.165, 1.54) is 170 Å². The lowest BCUT2D eigenvalue weighted by atomic mass is 9.76. The molecular formula is C101H212O6Si3. The largest absolute Gasteiger partial charge is 0.397 e. The van der Waals surface area contributed by atoms with Gasteiger partial charge in [-0.15, -0.1) is 6.58 Å². The summed E-state index contributed by atoms with van der Waals surface area (Å²) in [5.41, 5.74) is 3.28. The third-order valence-electron chi connectivity index (χ3n) is 24.8. The molecule has 9 heteroatoms. The minimum atomic E-state index is -1.42. The van der Waals surface area contributed by atoms with Crippen LogP contribution in [0.25, 0.3) is 0 Å². The first-order valence-corrected chi connectivity index (χ1v) is 55.3. The van der Waals surface area contributed by atoms with Crippen LogP contribution in [0.1, 0.15) is 392 Å². The number of hydrogen-bond acceptors (Lipinski definition) is 6. The van der Waals surface area contributed by atoms with Crippen LogP contribution in [-0.4, -0.2) is 95.3 Å². The Morgan fingerprint density at radius 3 is 0.827 bits per heavy atom. The Morgan fingerprint density at radius 2 is 0.609 bits per heavy atom. The number of ether oxygens (including phenoxy) is 4. The van der Waals surface area contributed by atoms with Gasteiger partial charge in [0, 0.05) is 61.1 Å². The molecule has 0 aromatic rings. The number of carbonyl (C=O) groups is 1. The number of Topliss-reactive ketones (excluding diaryl/α,β-unsaturated/α-hetero) is 1. The second-order valence-electron chi connectivity index (χ2n) is 47.6. The zero-order valence-electron chi connectivity index (χ0n) is 83.4. The van der Waals surface area contributed by atoms with Crippen molar-refractivity contribution in [2.75, 3.05) is 59.5 Å². The van der Waals surface area contributed by atoms with E-state index in [9.17, 15) is 9.90 Å². The van der Waals surface area contributed by atoms with Crippen LogP contribution in [0.3, 0.4) is 0 Å².